The summed E-state index contributed by atoms with van der Waals surface area (Å²) in [6.07, 6.45) is 0.826. The van der Waals surface area contributed by atoms with Crippen molar-refractivity contribution >= 4 is 28.2 Å². The minimum Gasteiger partial charge on any atom is -0.336 e. The van der Waals surface area contributed by atoms with E-state index < -0.39 is 4.92 Å². The second kappa shape index (κ2) is 7.79. The Morgan fingerprint density at radius 1 is 1.38 bits per heavy atom. The van der Waals surface area contributed by atoms with E-state index in [2.05, 4.69) is 20.5 Å². The Morgan fingerprint density at radius 3 is 2.77 bits per heavy atom. The first-order valence-corrected chi connectivity index (χ1v) is 9.24. The van der Waals surface area contributed by atoms with Crippen molar-refractivity contribution < 1.29 is 9.72 Å². The summed E-state index contributed by atoms with van der Waals surface area (Å²) in [5.41, 5.74) is 2.18. The van der Waals surface area contributed by atoms with E-state index in [9.17, 15) is 14.9 Å². The quantitative estimate of drug-likeness (QED) is 0.618. The summed E-state index contributed by atoms with van der Waals surface area (Å²) >= 11 is 1.50. The number of amides is 2. The highest BCUT2D eigenvalue weighted by atomic mass is 32.1. The van der Waals surface area contributed by atoms with Crippen LogP contribution in [0.1, 0.15) is 30.0 Å². The number of carbonyl (C=O) groups excluding carboxylic acids is 1. The number of hydrogen-bond donors (Lipinski definition) is 2. The largest absolute Gasteiger partial charge is 0.336 e. The highest BCUT2D eigenvalue weighted by Crippen LogP contribution is 2.29. The Labute approximate surface area is 155 Å². The summed E-state index contributed by atoms with van der Waals surface area (Å²) in [7, 11) is 0. The van der Waals surface area contributed by atoms with Crippen LogP contribution in [-0.2, 0) is 19.5 Å². The first-order valence-electron chi connectivity index (χ1n) is 8.42. The third-order valence-electron chi connectivity index (χ3n) is 4.00. The number of nitro groups is 1. The molecule has 0 saturated heterocycles. The molecular weight excluding hydrogens is 354 g/mol. The molecule has 1 aliphatic rings. The lowest BCUT2D eigenvalue weighted by Gasteiger charge is -2.25. The molecule has 2 amide bonds. The lowest BCUT2D eigenvalue weighted by molar-refractivity contribution is -0.384. The summed E-state index contributed by atoms with van der Waals surface area (Å²) in [5, 5.41) is 16.9. The van der Waals surface area contributed by atoms with Gasteiger partial charge in [0.2, 0.25) is 0 Å². The second-order valence-corrected chi connectivity index (χ2v) is 7.61. The molecule has 2 aromatic rings. The summed E-state index contributed by atoms with van der Waals surface area (Å²) in [6, 6.07) is 6.49. The maximum atomic E-state index is 11.8. The summed E-state index contributed by atoms with van der Waals surface area (Å²) in [4.78, 5) is 30.1. The standard InChI is InChI=1S/C17H21N5O3S/c1-11(2)18-16(23)20-17-19-14-7-8-21(10-15(14)26-17)9-12-3-5-13(6-4-12)22(24)25/h3-6,11H,7-10H2,1-2H3,(H2,18,19,20,23). The molecule has 0 atom stereocenters. The number of aromatic nitrogens is 1. The van der Waals surface area contributed by atoms with Crippen molar-refractivity contribution in [2.24, 2.45) is 0 Å². The predicted octanol–water partition coefficient (Wildman–Crippen LogP) is 3.14. The molecule has 0 unspecified atom stereocenters. The minimum atomic E-state index is -0.391. The van der Waals surface area contributed by atoms with E-state index in [1.54, 1.807) is 12.1 Å². The molecule has 138 valence electrons. The van der Waals surface area contributed by atoms with Gasteiger partial charge in [-0.3, -0.25) is 20.3 Å². The van der Waals surface area contributed by atoms with Gasteiger partial charge in [-0.15, -0.1) is 11.3 Å². The van der Waals surface area contributed by atoms with Crippen LogP contribution in [0.15, 0.2) is 24.3 Å². The Balaban J connectivity index is 1.60. The van der Waals surface area contributed by atoms with Gasteiger partial charge in [-0.05, 0) is 19.4 Å². The van der Waals surface area contributed by atoms with Gasteiger partial charge >= 0.3 is 6.03 Å². The van der Waals surface area contributed by atoms with Crippen LogP contribution in [0.4, 0.5) is 15.6 Å². The van der Waals surface area contributed by atoms with Crippen molar-refractivity contribution in [2.45, 2.75) is 39.4 Å². The fourth-order valence-electron chi connectivity index (χ4n) is 2.81. The van der Waals surface area contributed by atoms with Crippen LogP contribution in [0.25, 0.3) is 0 Å². The maximum absolute atomic E-state index is 11.8. The fourth-order valence-corrected chi connectivity index (χ4v) is 3.86. The third-order valence-corrected chi connectivity index (χ3v) is 5.00. The SMILES string of the molecule is CC(C)NC(=O)Nc1nc2c(s1)CN(Cc1ccc([N+](=O)[O-])cc1)CC2. The van der Waals surface area contributed by atoms with Gasteiger partial charge in [0.1, 0.15) is 0 Å². The Bertz CT molecular complexity index is 803. The van der Waals surface area contributed by atoms with E-state index in [0.29, 0.717) is 5.13 Å². The van der Waals surface area contributed by atoms with Gasteiger partial charge in [-0.25, -0.2) is 9.78 Å². The molecule has 0 aliphatic carbocycles. The predicted molar refractivity (Wildman–Crippen MR) is 100 cm³/mol. The van der Waals surface area contributed by atoms with Crippen molar-refractivity contribution in [3.05, 3.63) is 50.5 Å². The molecule has 9 heteroatoms. The first-order chi connectivity index (χ1) is 12.4. The van der Waals surface area contributed by atoms with Crippen LogP contribution >= 0.6 is 11.3 Å². The lowest BCUT2D eigenvalue weighted by atomic mass is 10.1. The zero-order valence-corrected chi connectivity index (χ0v) is 15.5. The molecule has 1 aromatic carbocycles. The summed E-state index contributed by atoms with van der Waals surface area (Å²) in [6.45, 7) is 6.17. The number of urea groups is 1. The van der Waals surface area contributed by atoms with Gasteiger partial charge in [0.15, 0.2) is 5.13 Å². The Morgan fingerprint density at radius 2 is 2.12 bits per heavy atom. The molecule has 0 fully saturated rings. The van der Waals surface area contributed by atoms with Gasteiger partial charge in [-0.1, -0.05) is 12.1 Å². The Kier molecular flexibility index (Phi) is 5.48. The molecule has 2 heterocycles. The molecule has 0 radical (unpaired) electrons. The van der Waals surface area contributed by atoms with Gasteiger partial charge in [0.05, 0.1) is 10.6 Å². The topological polar surface area (TPSA) is 100 Å². The number of hydrogen-bond acceptors (Lipinski definition) is 6. The normalized spacial score (nSPS) is 14.1. The number of fused-ring (bicyclic) bond motifs is 1. The molecule has 0 saturated carbocycles. The average molecular weight is 375 g/mol. The number of anilines is 1. The highest BCUT2D eigenvalue weighted by Gasteiger charge is 2.21. The van der Waals surface area contributed by atoms with E-state index in [0.717, 1.165) is 42.2 Å². The van der Waals surface area contributed by atoms with Crippen molar-refractivity contribution in [1.29, 1.82) is 0 Å². The van der Waals surface area contributed by atoms with Gasteiger partial charge in [0.25, 0.3) is 5.69 Å². The van der Waals surface area contributed by atoms with Crippen LogP contribution in [-0.4, -0.2) is 33.4 Å². The smallest absolute Gasteiger partial charge is 0.321 e. The number of carbonyl (C=O) groups is 1. The average Bonchev–Trinajstić information content (AvgIpc) is 2.95. The van der Waals surface area contributed by atoms with E-state index >= 15 is 0 Å². The summed E-state index contributed by atoms with van der Waals surface area (Å²) < 4.78 is 0. The van der Waals surface area contributed by atoms with Crippen molar-refractivity contribution in [3.63, 3.8) is 0 Å². The number of thiazole rings is 1. The van der Waals surface area contributed by atoms with Crippen LogP contribution in [0.2, 0.25) is 0 Å². The van der Waals surface area contributed by atoms with Crippen LogP contribution in [0, 0.1) is 10.1 Å². The zero-order chi connectivity index (χ0) is 18.7. The summed E-state index contributed by atoms with van der Waals surface area (Å²) in [5.74, 6) is 0. The minimum absolute atomic E-state index is 0.0711. The molecule has 8 nitrogen and oxygen atoms in total. The van der Waals surface area contributed by atoms with Gasteiger partial charge in [-0.2, -0.15) is 0 Å². The van der Waals surface area contributed by atoms with Gasteiger partial charge in [0, 0.05) is 49.1 Å². The number of non-ortho nitro benzene ring substituents is 1. The van der Waals surface area contributed by atoms with Crippen molar-refractivity contribution in [2.75, 3.05) is 11.9 Å². The van der Waals surface area contributed by atoms with Crippen LogP contribution in [0.5, 0.6) is 0 Å². The monoisotopic (exact) mass is 375 g/mol. The number of rotatable bonds is 5. The Hall–Kier alpha value is -2.52. The molecule has 2 N–H and O–H groups in total. The first kappa shape index (κ1) is 18.3. The fraction of sp³-hybridized carbons (Fsp3) is 0.412. The molecule has 26 heavy (non-hydrogen) atoms. The molecular formula is C17H21N5O3S. The number of nitrogens with one attached hydrogen (secondary N) is 2. The van der Waals surface area contributed by atoms with Crippen LogP contribution < -0.4 is 10.6 Å². The molecule has 3 rings (SSSR count). The molecule has 1 aliphatic heterocycles. The van der Waals surface area contributed by atoms with E-state index in [1.165, 1.54) is 23.5 Å². The van der Waals surface area contributed by atoms with Crippen molar-refractivity contribution in [3.8, 4) is 0 Å². The van der Waals surface area contributed by atoms with E-state index in [1.807, 2.05) is 13.8 Å². The van der Waals surface area contributed by atoms with E-state index in [4.69, 9.17) is 0 Å². The molecule has 0 bridgehead atoms. The lowest BCUT2D eigenvalue weighted by Crippen LogP contribution is -2.34. The van der Waals surface area contributed by atoms with Crippen molar-refractivity contribution in [1.82, 2.24) is 15.2 Å². The van der Waals surface area contributed by atoms with E-state index in [-0.39, 0.29) is 17.8 Å². The number of benzene rings is 1. The zero-order valence-electron chi connectivity index (χ0n) is 14.7. The van der Waals surface area contributed by atoms with Crippen LogP contribution in [0.3, 0.4) is 0 Å². The van der Waals surface area contributed by atoms with Gasteiger partial charge < -0.3 is 5.32 Å². The second-order valence-electron chi connectivity index (χ2n) is 6.53. The number of nitrogens with zero attached hydrogens (tertiary/aromatic N) is 3. The third kappa shape index (κ3) is 4.55. The number of nitro benzene ring substituents is 1. The maximum Gasteiger partial charge on any atom is 0.321 e. The molecule has 0 spiro atoms. The highest BCUT2D eigenvalue weighted by molar-refractivity contribution is 7.15. The molecule has 1 aromatic heterocycles.